The first-order valence-electron chi connectivity index (χ1n) is 8.07. The van der Waals surface area contributed by atoms with Crippen LogP contribution in [0.5, 0.6) is 0 Å². The molecule has 1 aliphatic heterocycles. The quantitative estimate of drug-likeness (QED) is 0.110. The number of carboxylic acids is 1. The molecule has 172 valence electrons. The third kappa shape index (κ3) is 7.26. The molecule has 5 N–H and O–H groups in total. The van der Waals surface area contributed by atoms with Gasteiger partial charge in [0.15, 0.2) is 0 Å². The maximum Gasteiger partial charge on any atom is 0.229 e. The number of hydrogen-bond acceptors (Lipinski definition) is 14. The molecule has 0 aliphatic carbocycles. The zero-order valence-electron chi connectivity index (χ0n) is 15.2. The van der Waals surface area contributed by atoms with Crippen molar-refractivity contribution in [1.29, 1.82) is 0 Å². The van der Waals surface area contributed by atoms with Crippen LogP contribution in [0.15, 0.2) is 11.8 Å². The van der Waals surface area contributed by atoms with E-state index < -0.39 is 77.5 Å². The van der Waals surface area contributed by atoms with E-state index in [9.17, 15) is 47.8 Å². The molecule has 0 saturated carbocycles. The first-order chi connectivity index (χ1) is 13.8. The Morgan fingerprint density at radius 1 is 1.37 bits per heavy atom. The Hall–Kier alpha value is -2.18. The van der Waals surface area contributed by atoms with Crippen molar-refractivity contribution in [3.63, 3.8) is 0 Å². The fourth-order valence-electron chi connectivity index (χ4n) is 2.40. The molecule has 16 heteroatoms. The molecular formula is C14H19NO14S-2. The van der Waals surface area contributed by atoms with Gasteiger partial charge in [-0.05, 0) is 6.08 Å². The molecule has 0 fully saturated rings. The van der Waals surface area contributed by atoms with Crippen molar-refractivity contribution in [3.8, 4) is 0 Å². The number of nitrogens with one attached hydrogen (secondary N) is 1. The van der Waals surface area contributed by atoms with Gasteiger partial charge in [-0.15, -0.1) is 0 Å². The minimum Gasteiger partial charge on any atom is -0.726 e. The van der Waals surface area contributed by atoms with Gasteiger partial charge >= 0.3 is 0 Å². The topological polar surface area (TPSA) is 252 Å². The standard InChI is InChI=1S/C14H21NO14S/c1-5(18)15-6(3-16)11(12(8(20)4-17)29-30(24,25)26)28-14-10(21)7(19)2-9(27-14)13(22)23/h2-3,6-8,10-12,14,17,19-21H,4H2,1H3,(H,15,18)(H,22,23)(H,24,25,26)/p-2/t6-,7-,8+,10+,11+,12-,14-/m0/s1. The largest absolute Gasteiger partial charge is 0.726 e. The van der Waals surface area contributed by atoms with E-state index in [1.165, 1.54) is 0 Å². The highest BCUT2D eigenvalue weighted by Crippen LogP contribution is 2.24. The fourth-order valence-corrected chi connectivity index (χ4v) is 2.91. The number of carbonyl (C=O) groups excluding carboxylic acids is 3. The first kappa shape index (κ1) is 25.9. The molecule has 1 aliphatic rings. The summed E-state index contributed by atoms with van der Waals surface area (Å²) in [5.74, 6) is -3.82. The number of aliphatic hydroxyl groups excluding tert-OH is 4. The fraction of sp³-hybridized carbons (Fsp3) is 0.643. The lowest BCUT2D eigenvalue weighted by Crippen LogP contribution is -2.59. The Kier molecular flexibility index (Phi) is 9.25. The Morgan fingerprint density at radius 3 is 2.40 bits per heavy atom. The second-order valence-corrected chi connectivity index (χ2v) is 6.98. The molecule has 0 spiro atoms. The molecule has 0 saturated heterocycles. The van der Waals surface area contributed by atoms with Crippen LogP contribution in [-0.4, -0.2) is 101 Å². The summed E-state index contributed by atoms with van der Waals surface area (Å²) in [6, 6.07) is -1.86. The van der Waals surface area contributed by atoms with Crippen molar-refractivity contribution in [3.05, 3.63) is 11.8 Å². The number of carboxylic acid groups (broad SMARTS) is 1. The average Bonchev–Trinajstić information content (AvgIpc) is 2.63. The van der Waals surface area contributed by atoms with Gasteiger partial charge in [0.05, 0.1) is 6.61 Å². The average molecular weight is 457 g/mol. The number of aldehydes is 1. The van der Waals surface area contributed by atoms with E-state index in [1.54, 1.807) is 0 Å². The van der Waals surface area contributed by atoms with Gasteiger partial charge in [0.25, 0.3) is 0 Å². The van der Waals surface area contributed by atoms with Crippen molar-refractivity contribution in [1.82, 2.24) is 5.32 Å². The molecule has 0 aromatic heterocycles. The summed E-state index contributed by atoms with van der Waals surface area (Å²) in [5, 5.41) is 51.6. The molecule has 30 heavy (non-hydrogen) atoms. The highest BCUT2D eigenvalue weighted by Gasteiger charge is 2.43. The van der Waals surface area contributed by atoms with Gasteiger partial charge in [-0.25, -0.2) is 8.42 Å². The highest BCUT2D eigenvalue weighted by atomic mass is 32.3. The molecule has 1 heterocycles. The summed E-state index contributed by atoms with van der Waals surface area (Å²) in [6.07, 6.45) is -12.2. The van der Waals surface area contributed by atoms with Crippen molar-refractivity contribution < 1.29 is 66.5 Å². The van der Waals surface area contributed by atoms with Gasteiger partial charge in [0.1, 0.15) is 54.6 Å². The monoisotopic (exact) mass is 457 g/mol. The van der Waals surface area contributed by atoms with Crippen LogP contribution in [0.3, 0.4) is 0 Å². The molecule has 0 aromatic rings. The van der Waals surface area contributed by atoms with Gasteiger partial charge in [-0.3, -0.25) is 8.98 Å². The van der Waals surface area contributed by atoms with E-state index in [-0.39, 0.29) is 6.29 Å². The summed E-state index contributed by atoms with van der Waals surface area (Å²) in [5.41, 5.74) is 0. The Morgan fingerprint density at radius 2 is 1.97 bits per heavy atom. The van der Waals surface area contributed by atoms with Crippen LogP contribution in [0.2, 0.25) is 0 Å². The maximum atomic E-state index is 11.4. The van der Waals surface area contributed by atoms with Crippen LogP contribution >= 0.6 is 0 Å². The molecular weight excluding hydrogens is 438 g/mol. The normalized spacial score (nSPS) is 25.8. The summed E-state index contributed by atoms with van der Waals surface area (Å²) in [6.45, 7) is -0.282. The number of rotatable bonds is 11. The molecule has 1 amide bonds. The Labute approximate surface area is 169 Å². The smallest absolute Gasteiger partial charge is 0.229 e. The Balaban J connectivity index is 3.37. The second-order valence-electron chi connectivity index (χ2n) is 5.97. The number of hydrogen-bond donors (Lipinski definition) is 5. The van der Waals surface area contributed by atoms with E-state index in [2.05, 4.69) is 4.18 Å². The molecule has 15 nitrogen and oxygen atoms in total. The number of aliphatic carboxylic acids is 1. The molecule has 0 aromatic carbocycles. The van der Waals surface area contributed by atoms with Crippen molar-refractivity contribution in [2.45, 2.75) is 49.8 Å². The summed E-state index contributed by atoms with van der Waals surface area (Å²) >= 11 is 0. The third-order valence-corrected chi connectivity index (χ3v) is 4.13. The van der Waals surface area contributed by atoms with E-state index in [4.69, 9.17) is 14.6 Å². The Bertz CT molecular complexity index is 767. The van der Waals surface area contributed by atoms with Gasteiger partial charge < -0.3 is 54.5 Å². The van der Waals surface area contributed by atoms with Crippen LogP contribution < -0.4 is 10.4 Å². The van der Waals surface area contributed by atoms with Crippen molar-refractivity contribution >= 4 is 28.6 Å². The summed E-state index contributed by atoms with van der Waals surface area (Å²) < 4.78 is 47.1. The van der Waals surface area contributed by atoms with E-state index in [0.29, 0.717) is 6.08 Å². The van der Waals surface area contributed by atoms with Crippen molar-refractivity contribution in [2.24, 2.45) is 0 Å². The SMILES string of the molecule is CC(=O)N[C@@H](C=O)[C@@H](O[C@@H]1OC(C(=O)[O-])=C[C@H](O)[C@H]1O)[C@@H](OS(=O)(=O)[O-])[C@H](O)CO. The number of carbonyl (C=O) groups is 3. The van der Waals surface area contributed by atoms with Crippen LogP contribution in [0.1, 0.15) is 6.92 Å². The zero-order valence-corrected chi connectivity index (χ0v) is 16.0. The molecule has 1 rings (SSSR count). The number of ether oxygens (including phenoxy) is 2. The van der Waals surface area contributed by atoms with Gasteiger partial charge in [-0.2, -0.15) is 0 Å². The zero-order chi connectivity index (χ0) is 23.2. The molecule has 7 atom stereocenters. The van der Waals surface area contributed by atoms with Gasteiger partial charge in [0, 0.05) is 6.92 Å². The minimum absolute atomic E-state index is 0.0227. The lowest BCUT2D eigenvalue weighted by atomic mass is 10.0. The van der Waals surface area contributed by atoms with E-state index >= 15 is 0 Å². The van der Waals surface area contributed by atoms with Crippen LogP contribution in [0, 0.1) is 0 Å². The third-order valence-electron chi connectivity index (χ3n) is 3.68. The predicted octanol–water partition coefficient (Wildman–Crippen LogP) is -6.01. The summed E-state index contributed by atoms with van der Waals surface area (Å²) in [4.78, 5) is 33.7. The highest BCUT2D eigenvalue weighted by molar-refractivity contribution is 7.80. The molecule has 0 radical (unpaired) electrons. The summed E-state index contributed by atoms with van der Waals surface area (Å²) in [7, 11) is -5.58. The maximum absolute atomic E-state index is 11.4. The molecule has 0 bridgehead atoms. The number of aliphatic hydroxyl groups is 4. The minimum atomic E-state index is -5.58. The van der Waals surface area contributed by atoms with Gasteiger partial charge in [0.2, 0.25) is 22.6 Å². The van der Waals surface area contributed by atoms with Crippen molar-refractivity contribution in [2.75, 3.05) is 6.61 Å². The van der Waals surface area contributed by atoms with E-state index in [0.717, 1.165) is 6.92 Å². The lowest BCUT2D eigenvalue weighted by Gasteiger charge is -2.39. The van der Waals surface area contributed by atoms with E-state index in [1.807, 2.05) is 5.32 Å². The molecule has 0 unspecified atom stereocenters. The number of amides is 1. The van der Waals surface area contributed by atoms with Crippen LogP contribution in [0.4, 0.5) is 0 Å². The second kappa shape index (κ2) is 10.7. The van der Waals surface area contributed by atoms with Gasteiger partial charge in [-0.1, -0.05) is 0 Å². The van der Waals surface area contributed by atoms with Crippen LogP contribution in [0.25, 0.3) is 0 Å². The first-order valence-corrected chi connectivity index (χ1v) is 9.40. The predicted molar refractivity (Wildman–Crippen MR) is 86.2 cm³/mol. The van der Waals surface area contributed by atoms with Crippen LogP contribution in [-0.2, 0) is 38.4 Å². The lowest BCUT2D eigenvalue weighted by molar-refractivity contribution is -0.311.